The highest BCUT2D eigenvalue weighted by atomic mass is 35.5. The third-order valence-corrected chi connectivity index (χ3v) is 8.52. The van der Waals surface area contributed by atoms with Crippen molar-refractivity contribution in [3.05, 3.63) is 129 Å². The minimum absolute atomic E-state index is 0.00432. The molecule has 0 saturated heterocycles. The highest BCUT2D eigenvalue weighted by molar-refractivity contribution is 8.00. The first-order chi connectivity index (χ1) is 20.6. The van der Waals surface area contributed by atoms with Gasteiger partial charge in [-0.05, 0) is 97.6 Å². The molecular weight excluding hydrogens is 601 g/mol. The first-order valence-corrected chi connectivity index (χ1v) is 15.3. The molecule has 6 nitrogen and oxygen atoms in total. The molecule has 0 heterocycles. The average molecular weight is 633 g/mol. The Morgan fingerprint density at radius 3 is 2.26 bits per heavy atom. The first-order valence-electron chi connectivity index (χ1n) is 13.6. The SMILES string of the molecule is CCC(Sc1cccc(NC(=O)/C(=C\c2ccc(Cl)cc2Cl)NC(=O)c2ccccc2)c1)C(=O)Nc1ccc(C)c(C)c1. The van der Waals surface area contributed by atoms with E-state index in [1.54, 1.807) is 66.7 Å². The van der Waals surface area contributed by atoms with E-state index in [-0.39, 0.29) is 16.9 Å². The standard InChI is InChI=1S/C34H31Cl2N3O3S/c1-4-31(34(42)38-27-16-13-21(2)22(3)17-27)43-28-12-8-11-26(20-28)37-33(41)30(18-24-14-15-25(35)19-29(24)36)39-32(40)23-9-6-5-7-10-23/h5-20,31H,4H2,1-3H3,(H,37,41)(H,38,42)(H,39,40)/b30-18+. The molecule has 0 radical (unpaired) electrons. The van der Waals surface area contributed by atoms with E-state index in [9.17, 15) is 14.4 Å². The summed E-state index contributed by atoms with van der Waals surface area (Å²) in [6.45, 7) is 5.99. The molecule has 220 valence electrons. The zero-order valence-electron chi connectivity index (χ0n) is 23.9. The summed E-state index contributed by atoms with van der Waals surface area (Å²) in [6.07, 6.45) is 2.11. The molecule has 0 saturated carbocycles. The van der Waals surface area contributed by atoms with E-state index in [4.69, 9.17) is 23.2 Å². The van der Waals surface area contributed by atoms with Gasteiger partial charge in [0.2, 0.25) is 5.91 Å². The van der Waals surface area contributed by atoms with Crippen molar-refractivity contribution < 1.29 is 14.4 Å². The summed E-state index contributed by atoms with van der Waals surface area (Å²) in [7, 11) is 0. The van der Waals surface area contributed by atoms with Crippen molar-refractivity contribution in [1.29, 1.82) is 0 Å². The molecule has 1 atom stereocenters. The third kappa shape index (κ3) is 8.97. The second-order valence-corrected chi connectivity index (χ2v) is 11.9. The molecule has 0 aliphatic heterocycles. The van der Waals surface area contributed by atoms with Crippen molar-refractivity contribution in [1.82, 2.24) is 5.32 Å². The Morgan fingerprint density at radius 1 is 0.814 bits per heavy atom. The lowest BCUT2D eigenvalue weighted by Crippen LogP contribution is -2.30. The number of rotatable bonds is 10. The smallest absolute Gasteiger partial charge is 0.272 e. The quantitative estimate of drug-likeness (QED) is 0.121. The second kappa shape index (κ2) is 14.9. The van der Waals surface area contributed by atoms with Crippen molar-refractivity contribution in [2.45, 2.75) is 37.3 Å². The van der Waals surface area contributed by atoms with Gasteiger partial charge in [-0.3, -0.25) is 14.4 Å². The van der Waals surface area contributed by atoms with Crippen molar-refractivity contribution in [2.75, 3.05) is 10.6 Å². The number of hydrogen-bond acceptors (Lipinski definition) is 4. The Hall–Kier alpha value is -4.04. The van der Waals surface area contributed by atoms with E-state index in [0.29, 0.717) is 33.3 Å². The van der Waals surface area contributed by atoms with Crippen LogP contribution < -0.4 is 16.0 Å². The Bertz CT molecular complexity index is 1680. The number of carbonyl (C=O) groups is 3. The van der Waals surface area contributed by atoms with E-state index in [0.717, 1.165) is 21.7 Å². The number of benzene rings is 4. The topological polar surface area (TPSA) is 87.3 Å². The number of halogens is 2. The van der Waals surface area contributed by atoms with Gasteiger partial charge in [0.05, 0.1) is 5.25 Å². The molecule has 1 unspecified atom stereocenters. The van der Waals surface area contributed by atoms with Gasteiger partial charge in [0, 0.05) is 31.9 Å². The lowest BCUT2D eigenvalue weighted by Gasteiger charge is -2.16. The molecule has 0 aromatic heterocycles. The number of carbonyl (C=O) groups excluding carboxylic acids is 3. The number of thioether (sulfide) groups is 1. The third-order valence-electron chi connectivity index (χ3n) is 6.60. The van der Waals surface area contributed by atoms with Crippen molar-refractivity contribution >= 4 is 70.1 Å². The fraction of sp³-hybridized carbons (Fsp3) is 0.147. The van der Waals surface area contributed by atoms with E-state index in [2.05, 4.69) is 16.0 Å². The van der Waals surface area contributed by atoms with Crippen LogP contribution in [-0.4, -0.2) is 23.0 Å². The summed E-state index contributed by atoms with van der Waals surface area (Å²) < 4.78 is 0. The summed E-state index contributed by atoms with van der Waals surface area (Å²) in [5.74, 6) is -1.09. The molecule has 0 aliphatic carbocycles. The maximum atomic E-state index is 13.5. The highest BCUT2D eigenvalue weighted by Crippen LogP contribution is 2.29. The molecule has 43 heavy (non-hydrogen) atoms. The summed E-state index contributed by atoms with van der Waals surface area (Å²) in [5.41, 5.74) is 4.42. The van der Waals surface area contributed by atoms with Gasteiger partial charge in [0.15, 0.2) is 0 Å². The molecule has 3 N–H and O–H groups in total. The zero-order valence-corrected chi connectivity index (χ0v) is 26.2. The normalized spacial score (nSPS) is 11.9. The summed E-state index contributed by atoms with van der Waals surface area (Å²) >= 11 is 13.8. The Kier molecular flexibility index (Phi) is 11.1. The number of aryl methyl sites for hydroxylation is 2. The van der Waals surface area contributed by atoms with Crippen LogP contribution in [0.2, 0.25) is 10.0 Å². The predicted octanol–water partition coefficient (Wildman–Crippen LogP) is 8.53. The van der Waals surface area contributed by atoms with Gasteiger partial charge in [-0.25, -0.2) is 0 Å². The van der Waals surface area contributed by atoms with Crippen LogP contribution in [-0.2, 0) is 9.59 Å². The van der Waals surface area contributed by atoms with Crippen LogP contribution in [0.25, 0.3) is 6.08 Å². The Labute approximate surface area is 265 Å². The molecule has 0 fully saturated rings. The van der Waals surface area contributed by atoms with Crippen LogP contribution in [0.15, 0.2) is 102 Å². The second-order valence-electron chi connectivity index (χ2n) is 9.83. The largest absolute Gasteiger partial charge is 0.325 e. The van der Waals surface area contributed by atoms with Crippen molar-refractivity contribution in [3.63, 3.8) is 0 Å². The monoisotopic (exact) mass is 631 g/mol. The lowest BCUT2D eigenvalue weighted by atomic mass is 10.1. The van der Waals surface area contributed by atoms with E-state index in [1.165, 1.54) is 17.8 Å². The number of amides is 3. The van der Waals surface area contributed by atoms with Crippen molar-refractivity contribution in [2.24, 2.45) is 0 Å². The Morgan fingerprint density at radius 2 is 1.56 bits per heavy atom. The van der Waals surface area contributed by atoms with Gasteiger partial charge in [-0.1, -0.05) is 66.5 Å². The lowest BCUT2D eigenvalue weighted by molar-refractivity contribution is -0.116. The maximum Gasteiger partial charge on any atom is 0.272 e. The number of hydrogen-bond donors (Lipinski definition) is 3. The van der Waals surface area contributed by atoms with Gasteiger partial charge < -0.3 is 16.0 Å². The van der Waals surface area contributed by atoms with Crippen LogP contribution in [0.3, 0.4) is 0 Å². The first kappa shape index (κ1) is 31.9. The summed E-state index contributed by atoms with van der Waals surface area (Å²) in [6, 6.07) is 26.5. The number of nitrogens with one attached hydrogen (secondary N) is 3. The molecule has 0 bridgehead atoms. The molecule has 3 amide bonds. The molecule has 4 aromatic carbocycles. The van der Waals surface area contributed by atoms with Gasteiger partial charge in [-0.2, -0.15) is 0 Å². The molecule has 0 aliphatic rings. The van der Waals surface area contributed by atoms with Crippen LogP contribution in [0.4, 0.5) is 11.4 Å². The van der Waals surface area contributed by atoms with Gasteiger partial charge >= 0.3 is 0 Å². The maximum absolute atomic E-state index is 13.5. The van der Waals surface area contributed by atoms with E-state index in [1.807, 2.05) is 45.0 Å². The van der Waals surface area contributed by atoms with Crippen LogP contribution >= 0.6 is 35.0 Å². The number of anilines is 2. The van der Waals surface area contributed by atoms with E-state index >= 15 is 0 Å². The fourth-order valence-corrected chi connectivity index (χ4v) is 5.57. The van der Waals surface area contributed by atoms with Crippen molar-refractivity contribution in [3.8, 4) is 0 Å². The van der Waals surface area contributed by atoms with Crippen LogP contribution in [0.1, 0.15) is 40.4 Å². The van der Waals surface area contributed by atoms with Crippen LogP contribution in [0, 0.1) is 13.8 Å². The molecule has 4 rings (SSSR count). The Balaban J connectivity index is 1.52. The molecular formula is C34H31Cl2N3O3S. The molecule has 9 heteroatoms. The van der Waals surface area contributed by atoms with Gasteiger partial charge in [0.1, 0.15) is 5.70 Å². The zero-order chi connectivity index (χ0) is 30.9. The summed E-state index contributed by atoms with van der Waals surface area (Å²) in [4.78, 5) is 40.3. The average Bonchev–Trinajstić information content (AvgIpc) is 2.99. The molecule has 0 spiro atoms. The van der Waals surface area contributed by atoms with E-state index < -0.39 is 11.8 Å². The minimum Gasteiger partial charge on any atom is -0.325 e. The fourth-order valence-electron chi connectivity index (χ4n) is 4.09. The van der Waals surface area contributed by atoms with Crippen LogP contribution in [0.5, 0.6) is 0 Å². The highest BCUT2D eigenvalue weighted by Gasteiger charge is 2.20. The van der Waals surface area contributed by atoms with Gasteiger partial charge in [-0.15, -0.1) is 11.8 Å². The minimum atomic E-state index is -0.544. The predicted molar refractivity (Wildman–Crippen MR) is 178 cm³/mol. The van der Waals surface area contributed by atoms with Gasteiger partial charge in [0.25, 0.3) is 11.8 Å². The summed E-state index contributed by atoms with van der Waals surface area (Å²) in [5, 5.41) is 9.00. The molecule has 4 aromatic rings.